The number of anilines is 8. The third-order valence-electron chi connectivity index (χ3n) is 17.2. The normalized spacial score (nSPS) is 10.5. The third kappa shape index (κ3) is 21.5. The smallest absolute Gasteiger partial charge is 0.172 e. The molecule has 0 aliphatic heterocycles. The van der Waals surface area contributed by atoms with E-state index in [1.807, 2.05) is 133 Å². The van der Waals surface area contributed by atoms with Crippen LogP contribution in [0.25, 0.3) is 88.5 Å². The van der Waals surface area contributed by atoms with Crippen LogP contribution in [0.3, 0.4) is 0 Å². The van der Waals surface area contributed by atoms with Crippen molar-refractivity contribution >= 4 is 148 Å². The van der Waals surface area contributed by atoms with Crippen molar-refractivity contribution in [3.63, 3.8) is 0 Å². The number of aromatic nitrogens is 12. The van der Waals surface area contributed by atoms with Gasteiger partial charge in [-0.2, -0.15) is 21.0 Å². The number of para-hydroxylation sites is 4. The molecule has 0 radical (unpaired) electrons. The molecule has 24 nitrogen and oxygen atoms in total. The molecule has 9 heterocycles. The van der Waals surface area contributed by atoms with E-state index in [1.54, 1.807) is 90.3 Å². The maximum absolute atomic E-state index is 14.2. The standard InChI is InChI=1S/2C22H16Cl2N6.C22H16F2N6.C20H16N6S/c23-17-6-3-5-16(20(17)24)22-29-18-7-2-1-4-15(18)21(30-22)27-11-10-26-19-9-8-14(12-25)13-28-19;23-15-6-7-18(24)17(11-15)22-29-19-4-2-1-3-16(19)21(30-22)27-10-9-26-20-8-5-14(12-25)13-28-20;23-15-6-7-16(18(24)11-15)22-29-19-4-2-1-3-17(19)21(30-22)27-10-9-26-20-8-5-14(12-25)13-28-20;21-12-14-7-8-18(24-13-14)22-9-10-23-19-15-4-1-2-5-16(15)25-20(26-19)17-6-3-11-27-17/h1-9,13H,10-11H2,(H,26,28)(H,27,29,30);2*1-8,11,13H,9-10H2,(H,26,28)(H,27,29,30);1-8,11,13H,9-10H2,(H,22,24)(H,23,25,26). The summed E-state index contributed by atoms with van der Waals surface area (Å²) in [4.78, 5) is 54.8. The number of benzene rings is 7. The first kappa shape index (κ1) is 80.6. The average Bonchev–Trinajstić information content (AvgIpc) is 0.853. The van der Waals surface area contributed by atoms with Crippen LogP contribution < -0.4 is 42.5 Å². The maximum atomic E-state index is 14.2. The number of nitrogens with zero attached hydrogens (tertiary/aromatic N) is 16. The summed E-state index contributed by atoms with van der Waals surface area (Å²) in [6, 6.07) is 71.1. The van der Waals surface area contributed by atoms with E-state index in [-0.39, 0.29) is 11.4 Å². The Morgan fingerprint density at radius 2 is 0.684 bits per heavy atom. The van der Waals surface area contributed by atoms with E-state index in [0.717, 1.165) is 66.5 Å². The van der Waals surface area contributed by atoms with Gasteiger partial charge in [-0.25, -0.2) is 68.6 Å². The minimum Gasteiger partial charge on any atom is -0.368 e. The quantitative estimate of drug-likeness (QED) is 0.0261. The number of rotatable bonds is 24. The fourth-order valence-electron chi connectivity index (χ4n) is 11.5. The zero-order chi connectivity index (χ0) is 81.2. The molecule has 117 heavy (non-hydrogen) atoms. The second-order valence-electron chi connectivity index (χ2n) is 25.1. The monoisotopic (exact) mass is 1640 g/mol. The Morgan fingerprint density at radius 1 is 0.316 bits per heavy atom. The highest BCUT2D eigenvalue weighted by Gasteiger charge is 2.18. The maximum Gasteiger partial charge on any atom is 0.172 e. The van der Waals surface area contributed by atoms with Gasteiger partial charge in [0.25, 0.3) is 0 Å². The summed E-state index contributed by atoms with van der Waals surface area (Å²) >= 11 is 26.7. The lowest BCUT2D eigenvalue weighted by Gasteiger charge is -2.12. The predicted molar refractivity (Wildman–Crippen MR) is 461 cm³/mol. The van der Waals surface area contributed by atoms with Gasteiger partial charge < -0.3 is 42.5 Å². The summed E-state index contributed by atoms with van der Waals surface area (Å²) in [7, 11) is 0. The molecule has 16 rings (SSSR count). The first-order valence-corrected chi connectivity index (χ1v) is 38.5. The van der Waals surface area contributed by atoms with E-state index < -0.39 is 11.6 Å². The molecule has 576 valence electrons. The number of nitriles is 4. The van der Waals surface area contributed by atoms with E-state index >= 15 is 0 Å². The Hall–Kier alpha value is -14.4. The van der Waals surface area contributed by atoms with Crippen molar-refractivity contribution in [2.75, 3.05) is 94.9 Å². The number of pyridine rings is 4. The molecule has 7 aromatic carbocycles. The zero-order valence-corrected chi connectivity index (χ0v) is 65.4. The molecule has 9 aromatic heterocycles. The van der Waals surface area contributed by atoms with Crippen molar-refractivity contribution in [1.82, 2.24) is 59.8 Å². The predicted octanol–water partition coefficient (Wildman–Crippen LogP) is 19.3. The largest absolute Gasteiger partial charge is 0.368 e. The van der Waals surface area contributed by atoms with Gasteiger partial charge in [-0.3, -0.25) is 0 Å². The number of nitrogens with one attached hydrogen (secondary N) is 8. The Bertz CT molecular complexity index is 6190. The van der Waals surface area contributed by atoms with Gasteiger partial charge in [0.15, 0.2) is 23.3 Å². The van der Waals surface area contributed by atoms with Gasteiger partial charge in [0.2, 0.25) is 0 Å². The van der Waals surface area contributed by atoms with Crippen LogP contribution in [-0.2, 0) is 0 Å². The van der Waals surface area contributed by atoms with Crippen LogP contribution in [0.15, 0.2) is 242 Å². The second-order valence-corrected chi connectivity index (χ2v) is 27.6. The Kier molecular flexibility index (Phi) is 27.5. The van der Waals surface area contributed by atoms with E-state index in [9.17, 15) is 8.78 Å². The van der Waals surface area contributed by atoms with Crippen molar-refractivity contribution in [3.8, 4) is 69.1 Å². The fourth-order valence-corrected chi connectivity index (χ4v) is 12.9. The van der Waals surface area contributed by atoms with Gasteiger partial charge in [0.05, 0.1) is 69.8 Å². The fraction of sp³-hybridized carbons (Fsp3) is 0.0930. The van der Waals surface area contributed by atoms with Gasteiger partial charge in [-0.15, -0.1) is 11.3 Å². The summed E-state index contributed by atoms with van der Waals surface area (Å²) < 4.78 is 27.5. The molecule has 0 amide bonds. The minimum atomic E-state index is -0.718. The summed E-state index contributed by atoms with van der Waals surface area (Å²) in [5, 5.41) is 69.1. The summed E-state index contributed by atoms with van der Waals surface area (Å²) in [5.74, 6) is 6.13. The number of thiophene rings is 1. The van der Waals surface area contributed by atoms with Crippen LogP contribution in [0.5, 0.6) is 0 Å². The van der Waals surface area contributed by atoms with Crippen LogP contribution in [0.1, 0.15) is 22.3 Å². The Labute approximate surface area is 693 Å². The lowest BCUT2D eigenvalue weighted by atomic mass is 10.1. The molecule has 16 aromatic rings. The van der Waals surface area contributed by atoms with Gasteiger partial charge in [-0.1, -0.05) is 107 Å². The molecule has 8 N–H and O–H groups in total. The molecule has 0 atom stereocenters. The third-order valence-corrected chi connectivity index (χ3v) is 19.4. The molecule has 0 saturated carbocycles. The molecule has 0 aliphatic carbocycles. The van der Waals surface area contributed by atoms with E-state index in [4.69, 9.17) is 82.4 Å². The average molecular weight is 1650 g/mol. The molecule has 0 aliphatic rings. The number of halogens is 6. The molecule has 0 fully saturated rings. The molecule has 31 heteroatoms. The molecule has 0 spiro atoms. The van der Waals surface area contributed by atoms with E-state index in [2.05, 4.69) is 106 Å². The van der Waals surface area contributed by atoms with E-state index in [1.165, 1.54) is 30.7 Å². The van der Waals surface area contributed by atoms with Crippen molar-refractivity contribution in [2.24, 2.45) is 0 Å². The first-order valence-electron chi connectivity index (χ1n) is 36.1. The summed E-state index contributed by atoms with van der Waals surface area (Å²) in [6.45, 7) is 4.83. The van der Waals surface area contributed by atoms with Gasteiger partial charge in [0.1, 0.15) is 82.5 Å². The SMILES string of the molecule is N#Cc1ccc(NCCNc2nc(-c3cc(Cl)ccc3Cl)nc3ccccc23)nc1.N#Cc1ccc(NCCNc2nc(-c3ccc(F)cc3F)nc3ccccc23)nc1.N#Cc1ccc(NCCNc2nc(-c3cccc(Cl)c3Cl)nc3ccccc23)nc1.N#Cc1ccc(NCCNc2nc(-c3cccs3)nc3ccccc23)nc1. The van der Waals surface area contributed by atoms with Gasteiger partial charge >= 0.3 is 0 Å². The summed E-state index contributed by atoms with van der Waals surface area (Å²) in [6.07, 6.45) is 6.13. The molecule has 0 saturated heterocycles. The zero-order valence-electron chi connectivity index (χ0n) is 61.6. The van der Waals surface area contributed by atoms with Crippen LogP contribution in [0, 0.1) is 57.0 Å². The van der Waals surface area contributed by atoms with Crippen LogP contribution in [-0.4, -0.2) is 112 Å². The highest BCUT2D eigenvalue weighted by Crippen LogP contribution is 2.36. The van der Waals surface area contributed by atoms with Gasteiger partial charge in [0, 0.05) is 121 Å². The van der Waals surface area contributed by atoms with Crippen molar-refractivity contribution < 1.29 is 8.78 Å². The minimum absolute atomic E-state index is 0.130. The molecule has 0 bridgehead atoms. The van der Waals surface area contributed by atoms with Crippen molar-refractivity contribution in [1.29, 1.82) is 21.0 Å². The lowest BCUT2D eigenvalue weighted by Crippen LogP contribution is -2.15. The molecular formula is C86H64Cl4F2N24S. The highest BCUT2D eigenvalue weighted by molar-refractivity contribution is 7.13. The molecular weight excluding hydrogens is 1580 g/mol. The van der Waals surface area contributed by atoms with Crippen molar-refractivity contribution in [2.45, 2.75) is 0 Å². The highest BCUT2D eigenvalue weighted by atomic mass is 35.5. The summed E-state index contributed by atoms with van der Waals surface area (Å²) in [5.41, 5.74) is 6.76. The first-order chi connectivity index (χ1) is 57.3. The second kappa shape index (κ2) is 39.9. The Balaban J connectivity index is 0.000000136. The van der Waals surface area contributed by atoms with Crippen LogP contribution in [0.2, 0.25) is 20.1 Å². The number of fused-ring (bicyclic) bond motifs is 4. The van der Waals surface area contributed by atoms with E-state index in [0.29, 0.717) is 158 Å². The van der Waals surface area contributed by atoms with Crippen LogP contribution in [0.4, 0.5) is 55.3 Å². The molecule has 0 unspecified atom stereocenters. The van der Waals surface area contributed by atoms with Crippen LogP contribution >= 0.6 is 57.7 Å². The topological polar surface area (TPSA) is 346 Å². The number of hydrogen-bond acceptors (Lipinski definition) is 25. The lowest BCUT2D eigenvalue weighted by molar-refractivity contribution is 0.585. The number of hydrogen-bond donors (Lipinski definition) is 8. The van der Waals surface area contributed by atoms with Crippen molar-refractivity contribution in [3.05, 3.63) is 296 Å². The van der Waals surface area contributed by atoms with Gasteiger partial charge in [-0.05, 0) is 151 Å². The Morgan fingerprint density at radius 3 is 1.05 bits per heavy atom.